The van der Waals surface area contributed by atoms with E-state index < -0.39 is 0 Å². The molecule has 0 saturated carbocycles. The van der Waals surface area contributed by atoms with E-state index in [1.54, 1.807) is 19.5 Å². The number of aliphatic imine (C=N–C) groups is 1. The van der Waals surface area contributed by atoms with Gasteiger partial charge in [0.2, 0.25) is 0 Å². The van der Waals surface area contributed by atoms with E-state index in [1.165, 1.54) is 0 Å². The van der Waals surface area contributed by atoms with Gasteiger partial charge >= 0.3 is 0 Å². The Balaban J connectivity index is 1.59. The number of rotatable bonds is 5. The molecule has 130 valence electrons. The second-order valence-electron chi connectivity index (χ2n) is 5.62. The van der Waals surface area contributed by atoms with Crippen LogP contribution in [0.2, 0.25) is 0 Å². The SMILES string of the molecule is CN=C(NCc1ccc(-n2ccnc2C)nc1)N(C)Cc1ccon1. The van der Waals surface area contributed by atoms with Gasteiger partial charge in [0.15, 0.2) is 5.96 Å². The molecule has 8 nitrogen and oxygen atoms in total. The van der Waals surface area contributed by atoms with Crippen molar-refractivity contribution in [3.05, 3.63) is 60.1 Å². The summed E-state index contributed by atoms with van der Waals surface area (Å²) in [5, 5.41) is 7.24. The molecule has 3 heterocycles. The Morgan fingerprint density at radius 3 is 2.80 bits per heavy atom. The summed E-state index contributed by atoms with van der Waals surface area (Å²) in [7, 11) is 3.71. The van der Waals surface area contributed by atoms with Gasteiger partial charge in [-0.2, -0.15) is 0 Å². The summed E-state index contributed by atoms with van der Waals surface area (Å²) in [6.45, 7) is 3.20. The van der Waals surface area contributed by atoms with Gasteiger partial charge in [0.1, 0.15) is 23.6 Å². The summed E-state index contributed by atoms with van der Waals surface area (Å²) in [4.78, 5) is 15.0. The summed E-state index contributed by atoms with van der Waals surface area (Å²) >= 11 is 0. The first kappa shape index (κ1) is 16.7. The number of nitrogens with zero attached hydrogens (tertiary/aromatic N) is 6. The lowest BCUT2D eigenvalue weighted by Gasteiger charge is -2.21. The van der Waals surface area contributed by atoms with Gasteiger partial charge in [-0.1, -0.05) is 11.2 Å². The Bertz CT molecular complexity index is 821. The Morgan fingerprint density at radius 2 is 2.20 bits per heavy atom. The maximum Gasteiger partial charge on any atom is 0.194 e. The second kappa shape index (κ2) is 7.61. The third-order valence-electron chi connectivity index (χ3n) is 3.80. The zero-order chi connectivity index (χ0) is 17.6. The van der Waals surface area contributed by atoms with Crippen molar-refractivity contribution >= 4 is 5.96 Å². The van der Waals surface area contributed by atoms with Crippen LogP contribution in [0.4, 0.5) is 0 Å². The number of pyridine rings is 1. The number of aryl methyl sites for hydroxylation is 1. The molecular weight excluding hydrogens is 318 g/mol. The molecule has 0 aliphatic heterocycles. The van der Waals surface area contributed by atoms with Crippen LogP contribution in [-0.2, 0) is 13.1 Å². The van der Waals surface area contributed by atoms with Crippen molar-refractivity contribution in [3.63, 3.8) is 0 Å². The molecule has 0 aliphatic rings. The molecule has 0 aliphatic carbocycles. The zero-order valence-electron chi connectivity index (χ0n) is 14.5. The quantitative estimate of drug-likeness (QED) is 0.563. The van der Waals surface area contributed by atoms with Gasteiger partial charge in [-0.25, -0.2) is 9.97 Å². The Labute approximate surface area is 146 Å². The highest BCUT2D eigenvalue weighted by Crippen LogP contribution is 2.08. The van der Waals surface area contributed by atoms with Gasteiger partial charge < -0.3 is 14.7 Å². The van der Waals surface area contributed by atoms with E-state index in [1.807, 2.05) is 54.0 Å². The van der Waals surface area contributed by atoms with E-state index in [4.69, 9.17) is 4.52 Å². The van der Waals surface area contributed by atoms with Crippen molar-refractivity contribution in [2.45, 2.75) is 20.0 Å². The predicted octanol–water partition coefficient (Wildman–Crippen LogP) is 1.77. The molecular formula is C17H21N7O. The van der Waals surface area contributed by atoms with Crippen molar-refractivity contribution in [1.82, 2.24) is 29.9 Å². The lowest BCUT2D eigenvalue weighted by molar-refractivity contribution is 0.391. The average molecular weight is 339 g/mol. The van der Waals surface area contributed by atoms with Crippen molar-refractivity contribution in [2.24, 2.45) is 4.99 Å². The van der Waals surface area contributed by atoms with Gasteiger partial charge in [-0.15, -0.1) is 0 Å². The Morgan fingerprint density at radius 1 is 1.32 bits per heavy atom. The van der Waals surface area contributed by atoms with Gasteiger partial charge in [0.05, 0.1) is 6.54 Å². The second-order valence-corrected chi connectivity index (χ2v) is 5.62. The first-order valence-corrected chi connectivity index (χ1v) is 7.93. The summed E-state index contributed by atoms with van der Waals surface area (Å²) in [5.41, 5.74) is 1.92. The van der Waals surface area contributed by atoms with Crippen LogP contribution in [0.3, 0.4) is 0 Å². The van der Waals surface area contributed by atoms with Gasteiger partial charge in [-0.05, 0) is 18.6 Å². The first-order chi connectivity index (χ1) is 12.2. The van der Waals surface area contributed by atoms with Crippen molar-refractivity contribution in [1.29, 1.82) is 0 Å². The highest BCUT2D eigenvalue weighted by Gasteiger charge is 2.09. The molecule has 0 radical (unpaired) electrons. The number of guanidine groups is 1. The lowest BCUT2D eigenvalue weighted by atomic mass is 10.3. The third-order valence-corrected chi connectivity index (χ3v) is 3.80. The summed E-state index contributed by atoms with van der Waals surface area (Å²) in [6, 6.07) is 5.86. The van der Waals surface area contributed by atoms with Crippen molar-refractivity contribution in [2.75, 3.05) is 14.1 Å². The molecule has 8 heteroatoms. The van der Waals surface area contributed by atoms with Crippen LogP contribution in [0.15, 0.2) is 52.6 Å². The smallest absolute Gasteiger partial charge is 0.194 e. The molecule has 0 fully saturated rings. The minimum atomic E-state index is 0.618. The van der Waals surface area contributed by atoms with Gasteiger partial charge in [0, 0.05) is 45.3 Å². The highest BCUT2D eigenvalue weighted by atomic mass is 16.5. The molecule has 0 saturated heterocycles. The van der Waals surface area contributed by atoms with Crippen LogP contribution in [0, 0.1) is 6.92 Å². The van der Waals surface area contributed by atoms with Gasteiger partial charge in [0.25, 0.3) is 0 Å². The van der Waals surface area contributed by atoms with E-state index in [0.29, 0.717) is 13.1 Å². The Kier molecular flexibility index (Phi) is 5.08. The predicted molar refractivity (Wildman–Crippen MR) is 94.3 cm³/mol. The number of nitrogens with one attached hydrogen (secondary N) is 1. The molecule has 3 aromatic rings. The van der Waals surface area contributed by atoms with Crippen LogP contribution >= 0.6 is 0 Å². The fraction of sp³-hybridized carbons (Fsp3) is 0.294. The topological polar surface area (TPSA) is 84.4 Å². The largest absolute Gasteiger partial charge is 0.364 e. The van der Waals surface area contributed by atoms with Crippen LogP contribution in [0.5, 0.6) is 0 Å². The van der Waals surface area contributed by atoms with E-state index in [-0.39, 0.29) is 0 Å². The number of aromatic nitrogens is 4. The standard InChI is InChI=1S/C17H21N7O/c1-13-19-7-8-24(13)16-5-4-14(10-20-16)11-21-17(18-2)23(3)12-15-6-9-25-22-15/h4-10H,11-12H2,1-3H3,(H,18,21). The van der Waals surface area contributed by atoms with Crippen LogP contribution in [-0.4, -0.2) is 44.6 Å². The molecule has 0 unspecified atom stereocenters. The van der Waals surface area contributed by atoms with E-state index in [9.17, 15) is 0 Å². The normalized spacial score (nSPS) is 11.6. The maximum atomic E-state index is 4.86. The fourth-order valence-electron chi connectivity index (χ4n) is 2.49. The molecule has 0 atom stereocenters. The highest BCUT2D eigenvalue weighted by molar-refractivity contribution is 5.79. The molecule has 25 heavy (non-hydrogen) atoms. The lowest BCUT2D eigenvalue weighted by Crippen LogP contribution is -2.38. The summed E-state index contributed by atoms with van der Waals surface area (Å²) in [5.74, 6) is 2.54. The Hall–Kier alpha value is -3.16. The zero-order valence-corrected chi connectivity index (χ0v) is 14.5. The minimum absolute atomic E-state index is 0.618. The van der Waals surface area contributed by atoms with Crippen LogP contribution in [0.1, 0.15) is 17.1 Å². The summed E-state index contributed by atoms with van der Waals surface area (Å²) in [6.07, 6.45) is 7.08. The van der Waals surface area contributed by atoms with Gasteiger partial charge in [-0.3, -0.25) is 9.56 Å². The van der Waals surface area contributed by atoms with Crippen molar-refractivity contribution in [3.8, 4) is 5.82 Å². The van der Waals surface area contributed by atoms with E-state index in [0.717, 1.165) is 28.9 Å². The number of hydrogen-bond donors (Lipinski definition) is 1. The molecule has 0 amide bonds. The fourth-order valence-corrected chi connectivity index (χ4v) is 2.49. The van der Waals surface area contributed by atoms with Crippen molar-refractivity contribution < 1.29 is 4.52 Å². The molecule has 0 spiro atoms. The van der Waals surface area contributed by atoms with E-state index in [2.05, 4.69) is 25.4 Å². The monoisotopic (exact) mass is 339 g/mol. The maximum absolute atomic E-state index is 4.86. The molecule has 3 rings (SSSR count). The minimum Gasteiger partial charge on any atom is -0.364 e. The molecule has 3 aromatic heterocycles. The third kappa shape index (κ3) is 4.03. The van der Waals surface area contributed by atoms with Crippen LogP contribution in [0.25, 0.3) is 5.82 Å². The molecule has 0 bridgehead atoms. The number of hydrogen-bond acceptors (Lipinski definition) is 5. The van der Waals surface area contributed by atoms with E-state index >= 15 is 0 Å². The average Bonchev–Trinajstić information content (AvgIpc) is 3.28. The first-order valence-electron chi connectivity index (χ1n) is 7.93. The molecule has 0 aromatic carbocycles. The number of imidazole rings is 1. The summed E-state index contributed by atoms with van der Waals surface area (Å²) < 4.78 is 6.80. The van der Waals surface area contributed by atoms with Crippen LogP contribution < -0.4 is 5.32 Å². The molecule has 1 N–H and O–H groups in total.